The maximum Gasteiger partial charge on any atom is 0.407 e. The third-order valence-corrected chi connectivity index (χ3v) is 2.47. The molecule has 2 fully saturated rings. The van der Waals surface area contributed by atoms with Gasteiger partial charge in [0, 0.05) is 0 Å². The summed E-state index contributed by atoms with van der Waals surface area (Å²) in [4.78, 5) is 10.7. The molecule has 3 nitrogen and oxygen atoms in total. The van der Waals surface area contributed by atoms with Gasteiger partial charge in [-0.05, 0) is 18.3 Å². The zero-order chi connectivity index (χ0) is 8.11. The number of hydrogen-bond donors (Lipinski definition) is 1. The number of amides is 1. The molecule has 2 aliphatic rings. The van der Waals surface area contributed by atoms with Gasteiger partial charge >= 0.3 is 6.09 Å². The zero-order valence-corrected chi connectivity index (χ0v) is 6.94. The number of alkyl carbamates (subject to hydrolysis) is 1. The van der Waals surface area contributed by atoms with Crippen molar-refractivity contribution in [2.75, 3.05) is 6.54 Å². The molecule has 1 saturated carbocycles. The highest BCUT2D eigenvalue weighted by Gasteiger charge is 2.55. The van der Waals surface area contributed by atoms with Crippen LogP contribution in [0, 0.1) is 5.41 Å². The second kappa shape index (κ2) is 1.71. The molecule has 0 radical (unpaired) electrons. The lowest BCUT2D eigenvalue weighted by atomic mass is 9.61. The molecule has 1 amide bonds. The summed E-state index contributed by atoms with van der Waals surface area (Å²) in [5.74, 6) is 0. The van der Waals surface area contributed by atoms with Gasteiger partial charge in [0.1, 0.15) is 5.60 Å². The number of hydrogen-bond acceptors (Lipinski definition) is 2. The minimum absolute atomic E-state index is 0.138. The Labute approximate surface area is 66.1 Å². The molecule has 1 aliphatic carbocycles. The fourth-order valence-electron chi connectivity index (χ4n) is 2.39. The van der Waals surface area contributed by atoms with Gasteiger partial charge in [0.2, 0.25) is 0 Å². The van der Waals surface area contributed by atoms with Crippen LogP contribution in [0.3, 0.4) is 0 Å². The molecule has 11 heavy (non-hydrogen) atoms. The molecular weight excluding hydrogens is 142 g/mol. The van der Waals surface area contributed by atoms with Gasteiger partial charge in [-0.25, -0.2) is 4.79 Å². The van der Waals surface area contributed by atoms with Crippen molar-refractivity contribution in [1.29, 1.82) is 0 Å². The van der Waals surface area contributed by atoms with E-state index in [1.54, 1.807) is 0 Å². The van der Waals surface area contributed by atoms with Crippen molar-refractivity contribution >= 4 is 6.09 Å². The van der Waals surface area contributed by atoms with E-state index in [2.05, 4.69) is 19.2 Å². The molecule has 62 valence electrons. The van der Waals surface area contributed by atoms with Crippen LogP contribution in [0.4, 0.5) is 4.79 Å². The van der Waals surface area contributed by atoms with Gasteiger partial charge in [0.25, 0.3) is 0 Å². The van der Waals surface area contributed by atoms with Crippen LogP contribution >= 0.6 is 0 Å². The van der Waals surface area contributed by atoms with Crippen molar-refractivity contribution in [2.45, 2.75) is 32.3 Å². The van der Waals surface area contributed by atoms with Gasteiger partial charge < -0.3 is 10.1 Å². The average molecular weight is 155 g/mol. The van der Waals surface area contributed by atoms with Crippen molar-refractivity contribution in [3.05, 3.63) is 0 Å². The summed E-state index contributed by atoms with van der Waals surface area (Å²) in [5.41, 5.74) is 0.229. The molecule has 0 aromatic carbocycles. The van der Waals surface area contributed by atoms with E-state index < -0.39 is 0 Å². The smallest absolute Gasteiger partial charge is 0.407 e. The minimum Gasteiger partial charge on any atom is -0.441 e. The second-order valence-corrected chi connectivity index (χ2v) is 4.44. The first-order valence-corrected chi connectivity index (χ1v) is 3.98. The molecule has 0 aromatic rings. The molecule has 2 rings (SSSR count). The van der Waals surface area contributed by atoms with Crippen LogP contribution in [0.2, 0.25) is 0 Å². The van der Waals surface area contributed by atoms with E-state index in [0.717, 1.165) is 12.8 Å². The Morgan fingerprint density at radius 2 is 2.09 bits per heavy atom. The highest BCUT2D eigenvalue weighted by molar-refractivity contribution is 5.70. The van der Waals surface area contributed by atoms with E-state index in [-0.39, 0.29) is 11.7 Å². The van der Waals surface area contributed by atoms with Gasteiger partial charge in [0.15, 0.2) is 0 Å². The van der Waals surface area contributed by atoms with Gasteiger partial charge in [-0.2, -0.15) is 0 Å². The topological polar surface area (TPSA) is 38.3 Å². The van der Waals surface area contributed by atoms with E-state index >= 15 is 0 Å². The predicted octanol–water partition coefficient (Wildman–Crippen LogP) is 1.29. The summed E-state index contributed by atoms with van der Waals surface area (Å²) in [6.07, 6.45) is 1.75. The molecule has 1 aliphatic heterocycles. The maximum atomic E-state index is 10.7. The summed E-state index contributed by atoms with van der Waals surface area (Å²) in [6, 6.07) is 0. The Hall–Kier alpha value is -0.730. The SMILES string of the molecule is CC1(C)CC2(CNC(=O)O2)C1. The lowest BCUT2D eigenvalue weighted by Crippen LogP contribution is -2.51. The fraction of sp³-hybridized carbons (Fsp3) is 0.875. The number of ether oxygens (including phenoxy) is 1. The van der Waals surface area contributed by atoms with Gasteiger partial charge in [-0.1, -0.05) is 13.8 Å². The Balaban J connectivity index is 2.03. The third-order valence-electron chi connectivity index (χ3n) is 2.47. The molecule has 0 unspecified atom stereocenters. The quantitative estimate of drug-likeness (QED) is 0.572. The van der Waals surface area contributed by atoms with Crippen molar-refractivity contribution in [1.82, 2.24) is 5.32 Å². The first-order chi connectivity index (χ1) is 5.02. The highest BCUT2D eigenvalue weighted by atomic mass is 16.6. The number of nitrogens with one attached hydrogen (secondary N) is 1. The van der Waals surface area contributed by atoms with Crippen molar-refractivity contribution < 1.29 is 9.53 Å². The fourth-order valence-corrected chi connectivity index (χ4v) is 2.39. The summed E-state index contributed by atoms with van der Waals surface area (Å²) < 4.78 is 5.17. The molecule has 3 heteroatoms. The largest absolute Gasteiger partial charge is 0.441 e. The molecule has 1 spiro atoms. The van der Waals surface area contributed by atoms with Gasteiger partial charge in [0.05, 0.1) is 6.54 Å². The molecular formula is C8H13NO2. The second-order valence-electron chi connectivity index (χ2n) is 4.44. The van der Waals surface area contributed by atoms with Crippen LogP contribution in [0.25, 0.3) is 0 Å². The monoisotopic (exact) mass is 155 g/mol. The highest BCUT2D eigenvalue weighted by Crippen LogP contribution is 2.51. The minimum atomic E-state index is -0.250. The Kier molecular flexibility index (Phi) is 1.08. The third kappa shape index (κ3) is 0.988. The van der Waals surface area contributed by atoms with Crippen LogP contribution < -0.4 is 5.32 Å². The summed E-state index contributed by atoms with van der Waals surface area (Å²) >= 11 is 0. The molecule has 0 aromatic heterocycles. The van der Waals surface area contributed by atoms with Crippen LogP contribution in [-0.4, -0.2) is 18.2 Å². The zero-order valence-electron chi connectivity index (χ0n) is 6.94. The number of carbonyl (C=O) groups is 1. The van der Waals surface area contributed by atoms with E-state index in [1.807, 2.05) is 0 Å². The lowest BCUT2D eigenvalue weighted by Gasteiger charge is -2.48. The van der Waals surface area contributed by atoms with E-state index in [9.17, 15) is 4.79 Å². The predicted molar refractivity (Wildman–Crippen MR) is 40.2 cm³/mol. The summed E-state index contributed by atoms with van der Waals surface area (Å²) in [5, 5.41) is 2.69. The van der Waals surface area contributed by atoms with E-state index in [4.69, 9.17) is 4.74 Å². The van der Waals surface area contributed by atoms with E-state index in [0.29, 0.717) is 12.0 Å². The van der Waals surface area contributed by atoms with Crippen molar-refractivity contribution in [2.24, 2.45) is 5.41 Å². The van der Waals surface area contributed by atoms with Gasteiger partial charge in [-0.15, -0.1) is 0 Å². The first kappa shape index (κ1) is 6.95. The van der Waals surface area contributed by atoms with Gasteiger partial charge in [-0.3, -0.25) is 0 Å². The lowest BCUT2D eigenvalue weighted by molar-refractivity contribution is -0.0859. The van der Waals surface area contributed by atoms with Crippen molar-refractivity contribution in [3.8, 4) is 0 Å². The first-order valence-electron chi connectivity index (χ1n) is 3.98. The Morgan fingerprint density at radius 1 is 1.45 bits per heavy atom. The van der Waals surface area contributed by atoms with Crippen LogP contribution in [0.1, 0.15) is 26.7 Å². The summed E-state index contributed by atoms with van der Waals surface area (Å²) in [6.45, 7) is 5.10. The number of carbonyl (C=O) groups excluding carboxylic acids is 1. The average Bonchev–Trinajstić information content (AvgIpc) is 2.08. The molecule has 1 N–H and O–H groups in total. The maximum absolute atomic E-state index is 10.7. The van der Waals surface area contributed by atoms with Crippen LogP contribution in [0.5, 0.6) is 0 Å². The number of rotatable bonds is 0. The summed E-state index contributed by atoms with van der Waals surface area (Å²) in [7, 11) is 0. The van der Waals surface area contributed by atoms with Crippen molar-refractivity contribution in [3.63, 3.8) is 0 Å². The Morgan fingerprint density at radius 3 is 2.45 bits per heavy atom. The van der Waals surface area contributed by atoms with E-state index in [1.165, 1.54) is 0 Å². The van der Waals surface area contributed by atoms with Crippen LogP contribution in [-0.2, 0) is 4.74 Å². The molecule has 1 saturated heterocycles. The molecule has 0 bridgehead atoms. The molecule has 0 atom stereocenters. The Bertz CT molecular complexity index is 202. The van der Waals surface area contributed by atoms with Crippen LogP contribution in [0.15, 0.2) is 0 Å². The molecule has 1 heterocycles. The normalized spacial score (nSPS) is 30.9. The standard InChI is InChI=1S/C8H13NO2/c1-7(2)3-8(4-7)5-9-6(10)11-8/h3-5H2,1-2H3,(H,9,10).